The van der Waals surface area contributed by atoms with Gasteiger partial charge in [0.05, 0.1) is 5.52 Å². The van der Waals surface area contributed by atoms with Crippen molar-refractivity contribution in [2.24, 2.45) is 0 Å². The molecule has 0 radical (unpaired) electrons. The number of nitrogens with zero attached hydrogens (tertiary/aromatic N) is 1. The smallest absolute Gasteiger partial charge is 0.168 e. The van der Waals surface area contributed by atoms with Crippen LogP contribution in [0.5, 0.6) is 0 Å². The van der Waals surface area contributed by atoms with E-state index in [1.54, 1.807) is 6.20 Å². The maximum absolute atomic E-state index is 12.3. The van der Waals surface area contributed by atoms with Gasteiger partial charge in [-0.05, 0) is 23.8 Å². The molecular formula is C17H12BrNO. The zero-order chi connectivity index (χ0) is 13.9. The lowest BCUT2D eigenvalue weighted by Crippen LogP contribution is -2.04. The van der Waals surface area contributed by atoms with Gasteiger partial charge in [0.2, 0.25) is 0 Å². The minimum Gasteiger partial charge on any atom is -0.294 e. The Morgan fingerprint density at radius 2 is 1.80 bits per heavy atom. The number of ketones is 1. The summed E-state index contributed by atoms with van der Waals surface area (Å²) in [4.78, 5) is 16.7. The third kappa shape index (κ3) is 2.63. The molecule has 98 valence electrons. The van der Waals surface area contributed by atoms with Crippen LogP contribution in [-0.2, 0) is 6.42 Å². The van der Waals surface area contributed by atoms with Crippen LogP contribution in [0.3, 0.4) is 0 Å². The van der Waals surface area contributed by atoms with E-state index in [0.717, 1.165) is 20.9 Å². The first-order valence-electron chi connectivity index (χ1n) is 6.35. The number of rotatable bonds is 3. The number of para-hydroxylation sites is 1. The summed E-state index contributed by atoms with van der Waals surface area (Å²) in [6.45, 7) is 0. The third-order valence-corrected chi connectivity index (χ3v) is 3.99. The van der Waals surface area contributed by atoms with Crippen molar-refractivity contribution in [2.75, 3.05) is 0 Å². The van der Waals surface area contributed by atoms with Crippen LogP contribution in [0, 0.1) is 0 Å². The van der Waals surface area contributed by atoms with Gasteiger partial charge in [-0.2, -0.15) is 0 Å². The molecule has 0 aliphatic carbocycles. The zero-order valence-electron chi connectivity index (χ0n) is 10.7. The van der Waals surface area contributed by atoms with E-state index in [9.17, 15) is 4.79 Å². The molecule has 0 aliphatic rings. The van der Waals surface area contributed by atoms with E-state index in [1.165, 1.54) is 0 Å². The Labute approximate surface area is 125 Å². The minimum absolute atomic E-state index is 0.0788. The van der Waals surface area contributed by atoms with Crippen LogP contribution < -0.4 is 0 Å². The molecule has 0 bridgehead atoms. The Balaban J connectivity index is 1.91. The zero-order valence-corrected chi connectivity index (χ0v) is 12.3. The van der Waals surface area contributed by atoms with Gasteiger partial charge in [-0.25, -0.2) is 0 Å². The number of carbonyl (C=O) groups excluding carboxylic acids is 1. The van der Waals surface area contributed by atoms with E-state index in [2.05, 4.69) is 20.9 Å². The highest BCUT2D eigenvalue weighted by Gasteiger charge is 2.10. The first-order valence-corrected chi connectivity index (χ1v) is 7.15. The van der Waals surface area contributed by atoms with Gasteiger partial charge >= 0.3 is 0 Å². The van der Waals surface area contributed by atoms with Gasteiger partial charge in [-0.15, -0.1) is 0 Å². The predicted molar refractivity (Wildman–Crippen MR) is 83.9 cm³/mol. The summed E-state index contributed by atoms with van der Waals surface area (Å²) >= 11 is 3.47. The van der Waals surface area contributed by atoms with E-state index >= 15 is 0 Å². The highest BCUT2D eigenvalue weighted by atomic mass is 79.9. The maximum Gasteiger partial charge on any atom is 0.168 e. The van der Waals surface area contributed by atoms with Crippen LogP contribution in [0.2, 0.25) is 0 Å². The Morgan fingerprint density at radius 3 is 2.65 bits per heavy atom. The fourth-order valence-corrected chi connectivity index (χ4v) is 2.57. The Bertz CT molecular complexity index is 783. The molecule has 20 heavy (non-hydrogen) atoms. The number of Topliss-reactive ketones (excluding diaryl/α,β-unsaturated/α-hetero) is 1. The summed E-state index contributed by atoms with van der Waals surface area (Å²) in [6.07, 6.45) is 2.03. The summed E-state index contributed by atoms with van der Waals surface area (Å²) in [6, 6.07) is 17.5. The normalized spacial score (nSPS) is 10.7. The molecule has 0 fully saturated rings. The second-order valence-corrected chi connectivity index (χ2v) is 5.46. The van der Waals surface area contributed by atoms with E-state index in [0.29, 0.717) is 12.0 Å². The molecular weight excluding hydrogens is 314 g/mol. The van der Waals surface area contributed by atoms with Gasteiger partial charge in [0.25, 0.3) is 0 Å². The van der Waals surface area contributed by atoms with Crippen LogP contribution in [0.25, 0.3) is 10.9 Å². The quantitative estimate of drug-likeness (QED) is 0.667. The molecule has 0 saturated heterocycles. The molecule has 3 heteroatoms. The van der Waals surface area contributed by atoms with Gasteiger partial charge < -0.3 is 0 Å². The van der Waals surface area contributed by atoms with E-state index < -0.39 is 0 Å². The molecule has 3 aromatic rings. The van der Waals surface area contributed by atoms with Crippen molar-refractivity contribution in [3.63, 3.8) is 0 Å². The van der Waals surface area contributed by atoms with Crippen molar-refractivity contribution in [3.8, 4) is 0 Å². The molecule has 3 rings (SSSR count). The number of carbonyl (C=O) groups is 1. The van der Waals surface area contributed by atoms with Crippen molar-refractivity contribution in [1.29, 1.82) is 0 Å². The maximum atomic E-state index is 12.3. The van der Waals surface area contributed by atoms with Gasteiger partial charge in [0.1, 0.15) is 0 Å². The summed E-state index contributed by atoms with van der Waals surface area (Å²) < 4.78 is 0.960. The average Bonchev–Trinajstić information content (AvgIpc) is 2.49. The monoisotopic (exact) mass is 325 g/mol. The Kier molecular flexibility index (Phi) is 3.61. The number of halogens is 1. The topological polar surface area (TPSA) is 30.0 Å². The second-order valence-electron chi connectivity index (χ2n) is 4.61. The number of hydrogen-bond donors (Lipinski definition) is 0. The molecule has 0 saturated carbocycles. The summed E-state index contributed by atoms with van der Waals surface area (Å²) in [5, 5.41) is 0.991. The number of fused-ring (bicyclic) bond motifs is 1. The fourth-order valence-electron chi connectivity index (χ4n) is 2.14. The number of aromatic nitrogens is 1. The third-order valence-electron chi connectivity index (χ3n) is 3.22. The van der Waals surface area contributed by atoms with E-state index in [-0.39, 0.29) is 5.78 Å². The SMILES string of the molecule is O=C(Cc1ccccc1Br)c1cnc2ccccc2c1. The van der Waals surface area contributed by atoms with E-state index in [4.69, 9.17) is 0 Å². The summed E-state index contributed by atoms with van der Waals surface area (Å²) in [5.74, 6) is 0.0788. The molecule has 0 atom stereocenters. The van der Waals surface area contributed by atoms with Crippen molar-refractivity contribution in [1.82, 2.24) is 4.98 Å². The second kappa shape index (κ2) is 5.55. The Morgan fingerprint density at radius 1 is 1.05 bits per heavy atom. The highest BCUT2D eigenvalue weighted by Crippen LogP contribution is 2.19. The molecule has 0 unspecified atom stereocenters. The number of pyridine rings is 1. The van der Waals surface area contributed by atoms with Crippen molar-refractivity contribution in [3.05, 3.63) is 76.4 Å². The Hall–Kier alpha value is -2.00. The predicted octanol–water partition coefficient (Wildman–Crippen LogP) is 4.42. The average molecular weight is 326 g/mol. The molecule has 0 amide bonds. The lowest BCUT2D eigenvalue weighted by atomic mass is 10.0. The van der Waals surface area contributed by atoms with Crippen LogP contribution >= 0.6 is 15.9 Å². The van der Waals surface area contributed by atoms with Crippen LogP contribution in [-0.4, -0.2) is 10.8 Å². The van der Waals surface area contributed by atoms with Gasteiger partial charge in [0, 0.05) is 28.0 Å². The van der Waals surface area contributed by atoms with Crippen molar-refractivity contribution >= 4 is 32.6 Å². The standard InChI is InChI=1S/C17H12BrNO/c18-15-7-3-1-5-12(15)10-17(20)14-9-13-6-2-4-8-16(13)19-11-14/h1-9,11H,10H2. The van der Waals surface area contributed by atoms with Crippen LogP contribution in [0.15, 0.2) is 65.3 Å². The van der Waals surface area contributed by atoms with Gasteiger partial charge in [0.15, 0.2) is 5.78 Å². The number of hydrogen-bond acceptors (Lipinski definition) is 2. The summed E-state index contributed by atoms with van der Waals surface area (Å²) in [5.41, 5.74) is 2.55. The van der Waals surface area contributed by atoms with Crippen molar-refractivity contribution in [2.45, 2.75) is 6.42 Å². The molecule has 1 aromatic heterocycles. The molecule has 2 aromatic carbocycles. The lowest BCUT2D eigenvalue weighted by molar-refractivity contribution is 0.0992. The van der Waals surface area contributed by atoms with Gasteiger partial charge in [-0.1, -0.05) is 52.3 Å². The fraction of sp³-hybridized carbons (Fsp3) is 0.0588. The first-order chi connectivity index (χ1) is 9.74. The molecule has 2 nitrogen and oxygen atoms in total. The van der Waals surface area contributed by atoms with Gasteiger partial charge in [-0.3, -0.25) is 9.78 Å². The lowest BCUT2D eigenvalue weighted by Gasteiger charge is -2.05. The molecule has 0 aliphatic heterocycles. The molecule has 1 heterocycles. The molecule has 0 spiro atoms. The number of benzene rings is 2. The highest BCUT2D eigenvalue weighted by molar-refractivity contribution is 9.10. The van der Waals surface area contributed by atoms with Crippen LogP contribution in [0.1, 0.15) is 15.9 Å². The van der Waals surface area contributed by atoms with E-state index in [1.807, 2.05) is 54.6 Å². The van der Waals surface area contributed by atoms with Crippen LogP contribution in [0.4, 0.5) is 0 Å². The largest absolute Gasteiger partial charge is 0.294 e. The summed E-state index contributed by atoms with van der Waals surface area (Å²) in [7, 11) is 0. The van der Waals surface area contributed by atoms with Crippen molar-refractivity contribution < 1.29 is 4.79 Å². The first kappa shape index (κ1) is 13.0. The molecule has 0 N–H and O–H groups in total. The minimum atomic E-state index is 0.0788.